The number of rotatable bonds is 3. The van der Waals surface area contributed by atoms with Gasteiger partial charge in [-0.3, -0.25) is 4.79 Å². The van der Waals surface area contributed by atoms with Crippen LogP contribution in [-0.2, 0) is 14.3 Å². The highest BCUT2D eigenvalue weighted by atomic mass is 16.5. The highest BCUT2D eigenvalue weighted by Crippen LogP contribution is 2.39. The average Bonchev–Trinajstić information content (AvgIpc) is 2.79. The maximum Gasteiger partial charge on any atom is 0.338 e. The summed E-state index contributed by atoms with van der Waals surface area (Å²) >= 11 is 0. The van der Waals surface area contributed by atoms with E-state index in [9.17, 15) is 14.7 Å². The van der Waals surface area contributed by atoms with Crippen LogP contribution in [0.3, 0.4) is 0 Å². The molecule has 0 spiro atoms. The normalized spacial score (nSPS) is 19.4. The second kappa shape index (κ2) is 4.64. The molecule has 1 aromatic rings. The first kappa shape index (κ1) is 12.9. The van der Waals surface area contributed by atoms with Crippen LogP contribution >= 0.6 is 0 Å². The average molecular weight is 263 g/mol. The molecule has 1 atom stereocenters. The first-order valence-electron chi connectivity index (χ1n) is 5.59. The molecule has 1 aliphatic rings. The second-order valence-corrected chi connectivity index (χ2v) is 4.16. The van der Waals surface area contributed by atoms with E-state index in [0.29, 0.717) is 5.76 Å². The number of hydrogen-bond donors (Lipinski definition) is 2. The third-order valence-corrected chi connectivity index (χ3v) is 2.92. The molecule has 0 aromatic carbocycles. The number of nitrogens with two attached hydrogens (primary N) is 1. The smallest absolute Gasteiger partial charge is 0.338 e. The molecule has 100 valence electrons. The van der Waals surface area contributed by atoms with E-state index in [1.165, 1.54) is 13.2 Å². The molecule has 0 fully saturated rings. The minimum Gasteiger partial charge on any atom is -0.478 e. The first-order valence-corrected chi connectivity index (χ1v) is 5.59. The molecule has 2 heterocycles. The van der Waals surface area contributed by atoms with Crippen LogP contribution in [0.1, 0.15) is 25.5 Å². The summed E-state index contributed by atoms with van der Waals surface area (Å²) < 4.78 is 10.4. The molecule has 0 saturated carbocycles. The standard InChI is InChI=1S/C13H13NO5/c1-6(15)9-7(2)19-12(14)11(13(16)17)10(9)8-4-3-5-18-8/h3-5,10H,14H2,1-2H3,(H,16,17). The van der Waals surface area contributed by atoms with Crippen LogP contribution in [0.5, 0.6) is 0 Å². The van der Waals surface area contributed by atoms with E-state index in [2.05, 4.69) is 0 Å². The zero-order valence-corrected chi connectivity index (χ0v) is 10.5. The Bertz CT molecular complexity index is 559. The Kier molecular flexibility index (Phi) is 3.16. The third-order valence-electron chi connectivity index (χ3n) is 2.92. The molecule has 1 unspecified atom stereocenters. The van der Waals surface area contributed by atoms with Gasteiger partial charge in [-0.25, -0.2) is 4.79 Å². The lowest BCUT2D eigenvalue weighted by Gasteiger charge is -2.26. The quantitative estimate of drug-likeness (QED) is 0.856. The Balaban J connectivity index is 2.65. The van der Waals surface area contributed by atoms with Crippen LogP contribution in [0, 0.1) is 0 Å². The Morgan fingerprint density at radius 3 is 2.53 bits per heavy atom. The molecule has 6 nitrogen and oxygen atoms in total. The van der Waals surface area contributed by atoms with Gasteiger partial charge in [0, 0.05) is 5.57 Å². The molecule has 0 amide bonds. The third kappa shape index (κ3) is 2.12. The zero-order chi connectivity index (χ0) is 14.2. The molecule has 3 N–H and O–H groups in total. The van der Waals surface area contributed by atoms with E-state index in [1.807, 2.05) is 0 Å². The lowest BCUT2D eigenvalue weighted by molar-refractivity contribution is -0.133. The van der Waals surface area contributed by atoms with E-state index in [0.717, 1.165) is 0 Å². The van der Waals surface area contributed by atoms with Gasteiger partial charge in [0.25, 0.3) is 0 Å². The summed E-state index contributed by atoms with van der Waals surface area (Å²) in [6.45, 7) is 2.91. The van der Waals surface area contributed by atoms with Crippen LogP contribution in [-0.4, -0.2) is 16.9 Å². The summed E-state index contributed by atoms with van der Waals surface area (Å²) in [5.41, 5.74) is 5.67. The lowest BCUT2D eigenvalue weighted by Crippen LogP contribution is -2.27. The SMILES string of the molecule is CC(=O)C1=C(C)OC(N)=C(C(=O)O)C1c1ccco1. The molecule has 0 radical (unpaired) electrons. The predicted molar refractivity (Wildman–Crippen MR) is 64.8 cm³/mol. The number of furan rings is 1. The lowest BCUT2D eigenvalue weighted by atomic mass is 9.84. The second-order valence-electron chi connectivity index (χ2n) is 4.16. The van der Waals surface area contributed by atoms with Gasteiger partial charge in [0.1, 0.15) is 17.1 Å². The number of aliphatic carboxylic acids is 1. The van der Waals surface area contributed by atoms with Crippen molar-refractivity contribution >= 4 is 11.8 Å². The predicted octanol–water partition coefficient (Wildman–Crippen LogP) is 1.51. The monoisotopic (exact) mass is 263 g/mol. The van der Waals surface area contributed by atoms with Crippen molar-refractivity contribution in [3.8, 4) is 0 Å². The molecule has 6 heteroatoms. The Labute approximate surface area is 109 Å². The number of carbonyl (C=O) groups is 2. The number of carboxylic acids is 1. The van der Waals surface area contributed by atoms with E-state index in [-0.39, 0.29) is 28.6 Å². The number of hydrogen-bond acceptors (Lipinski definition) is 5. The zero-order valence-electron chi connectivity index (χ0n) is 10.5. The summed E-state index contributed by atoms with van der Waals surface area (Å²) in [5.74, 6) is -1.98. The van der Waals surface area contributed by atoms with Gasteiger partial charge in [0.05, 0.1) is 12.2 Å². The number of carbonyl (C=O) groups excluding carboxylic acids is 1. The molecule has 0 saturated heterocycles. The van der Waals surface area contributed by atoms with Crippen LogP contribution < -0.4 is 5.73 Å². The van der Waals surface area contributed by atoms with E-state index >= 15 is 0 Å². The highest BCUT2D eigenvalue weighted by molar-refractivity contribution is 6.00. The van der Waals surface area contributed by atoms with Crippen molar-refractivity contribution in [2.24, 2.45) is 5.73 Å². The number of Topliss-reactive ketones (excluding diaryl/α,β-unsaturated/α-hetero) is 1. The summed E-state index contributed by atoms with van der Waals surface area (Å²) in [7, 11) is 0. The highest BCUT2D eigenvalue weighted by Gasteiger charge is 2.38. The molecule has 0 aliphatic carbocycles. The molecular weight excluding hydrogens is 250 g/mol. The Morgan fingerprint density at radius 2 is 2.05 bits per heavy atom. The van der Waals surface area contributed by atoms with Gasteiger partial charge >= 0.3 is 5.97 Å². The van der Waals surface area contributed by atoms with Gasteiger partial charge in [-0.1, -0.05) is 0 Å². The van der Waals surface area contributed by atoms with Crippen LogP contribution in [0.2, 0.25) is 0 Å². The summed E-state index contributed by atoms with van der Waals surface area (Å²) in [4.78, 5) is 23.1. The van der Waals surface area contributed by atoms with Crippen molar-refractivity contribution in [3.05, 3.63) is 46.9 Å². The van der Waals surface area contributed by atoms with Gasteiger partial charge in [-0.05, 0) is 26.0 Å². The fourth-order valence-corrected chi connectivity index (χ4v) is 2.18. The van der Waals surface area contributed by atoms with Crippen molar-refractivity contribution in [1.82, 2.24) is 0 Å². The largest absolute Gasteiger partial charge is 0.478 e. The first-order chi connectivity index (χ1) is 8.93. The molecule has 19 heavy (non-hydrogen) atoms. The number of allylic oxidation sites excluding steroid dienone is 2. The fraction of sp³-hybridized carbons (Fsp3) is 0.231. The minimum absolute atomic E-state index is 0.189. The molecule has 2 rings (SSSR count). The van der Waals surface area contributed by atoms with Crippen LogP contribution in [0.15, 0.2) is 45.6 Å². The summed E-state index contributed by atoms with van der Waals surface area (Å²) in [5, 5.41) is 9.27. The number of ether oxygens (including phenoxy) is 1. The van der Waals surface area contributed by atoms with Gasteiger partial charge < -0.3 is 20.0 Å². The number of carboxylic acid groups (broad SMARTS) is 1. The van der Waals surface area contributed by atoms with E-state index in [4.69, 9.17) is 14.9 Å². The van der Waals surface area contributed by atoms with Crippen LogP contribution in [0.25, 0.3) is 0 Å². The molecule has 1 aromatic heterocycles. The van der Waals surface area contributed by atoms with E-state index < -0.39 is 11.9 Å². The van der Waals surface area contributed by atoms with Gasteiger partial charge in [0.15, 0.2) is 5.78 Å². The number of ketones is 1. The Hall–Kier alpha value is -2.50. The van der Waals surface area contributed by atoms with Gasteiger partial charge in [0.2, 0.25) is 5.88 Å². The fourth-order valence-electron chi connectivity index (χ4n) is 2.18. The summed E-state index contributed by atoms with van der Waals surface area (Å²) in [6.07, 6.45) is 1.41. The van der Waals surface area contributed by atoms with Crippen molar-refractivity contribution in [1.29, 1.82) is 0 Å². The van der Waals surface area contributed by atoms with Gasteiger partial charge in [-0.2, -0.15) is 0 Å². The minimum atomic E-state index is -1.25. The van der Waals surface area contributed by atoms with Crippen molar-refractivity contribution in [2.75, 3.05) is 0 Å². The maximum atomic E-state index is 11.8. The van der Waals surface area contributed by atoms with E-state index in [1.54, 1.807) is 19.1 Å². The van der Waals surface area contributed by atoms with Crippen LogP contribution in [0.4, 0.5) is 0 Å². The Morgan fingerprint density at radius 1 is 1.37 bits per heavy atom. The molecular formula is C13H13NO5. The maximum absolute atomic E-state index is 11.8. The molecule has 0 bridgehead atoms. The van der Waals surface area contributed by atoms with Crippen molar-refractivity contribution in [2.45, 2.75) is 19.8 Å². The van der Waals surface area contributed by atoms with Gasteiger partial charge in [-0.15, -0.1) is 0 Å². The molecule has 1 aliphatic heterocycles. The van der Waals surface area contributed by atoms with Crippen molar-refractivity contribution < 1.29 is 23.8 Å². The van der Waals surface area contributed by atoms with Crippen molar-refractivity contribution in [3.63, 3.8) is 0 Å². The summed E-state index contributed by atoms with van der Waals surface area (Å²) in [6, 6.07) is 3.22. The topological polar surface area (TPSA) is 103 Å².